The Bertz CT molecular complexity index is 245. The summed E-state index contributed by atoms with van der Waals surface area (Å²) in [5.41, 5.74) is 5.78. The normalized spacial score (nSPS) is 10.5. The second-order valence-corrected chi connectivity index (χ2v) is 2.14. The van der Waals surface area contributed by atoms with Gasteiger partial charge < -0.3 is 5.73 Å². The van der Waals surface area contributed by atoms with Crippen LogP contribution in [0.5, 0.6) is 0 Å². The van der Waals surface area contributed by atoms with E-state index in [2.05, 4.69) is 4.99 Å². The maximum Gasteiger partial charge on any atom is 0.0860 e. The van der Waals surface area contributed by atoms with Crippen LogP contribution in [0.3, 0.4) is 0 Å². The highest BCUT2D eigenvalue weighted by molar-refractivity contribution is 6.33. The molecule has 0 saturated carbocycles. The zero-order chi connectivity index (χ0) is 7.40. The molecule has 1 rings (SSSR count). The van der Waals surface area contributed by atoms with Gasteiger partial charge in [0.1, 0.15) is 0 Å². The molecule has 0 radical (unpaired) electrons. The predicted octanol–water partition coefficient (Wildman–Crippen LogP) is 1.96. The van der Waals surface area contributed by atoms with E-state index in [1.807, 2.05) is 12.1 Å². The van der Waals surface area contributed by atoms with Gasteiger partial charge in [-0.3, -0.25) is 0 Å². The molecule has 3 heteroatoms. The summed E-state index contributed by atoms with van der Waals surface area (Å²) in [6.45, 7) is 0. The van der Waals surface area contributed by atoms with Gasteiger partial charge in [-0.15, -0.1) is 0 Å². The number of benzene rings is 1. The van der Waals surface area contributed by atoms with Crippen LogP contribution in [0, 0.1) is 0 Å². The zero-order valence-corrected chi connectivity index (χ0v) is 6.05. The molecule has 0 unspecified atom stereocenters. The Labute approximate surface area is 64.3 Å². The van der Waals surface area contributed by atoms with Gasteiger partial charge in [0.2, 0.25) is 0 Å². The van der Waals surface area contributed by atoms with E-state index in [0.29, 0.717) is 10.7 Å². The highest BCUT2D eigenvalue weighted by Crippen LogP contribution is 2.22. The van der Waals surface area contributed by atoms with Crippen molar-refractivity contribution < 1.29 is 0 Å². The monoisotopic (exact) mass is 154 g/mol. The Kier molecular flexibility index (Phi) is 2.29. The zero-order valence-electron chi connectivity index (χ0n) is 5.29. The molecular weight excluding hydrogens is 148 g/mol. The van der Waals surface area contributed by atoms with E-state index in [0.717, 1.165) is 0 Å². The average molecular weight is 155 g/mol. The third-order valence-electron chi connectivity index (χ3n) is 1.07. The van der Waals surface area contributed by atoms with Gasteiger partial charge in [-0.2, -0.15) is 0 Å². The quantitative estimate of drug-likeness (QED) is 0.488. The molecule has 0 aliphatic carbocycles. The van der Waals surface area contributed by atoms with E-state index >= 15 is 0 Å². The van der Waals surface area contributed by atoms with Crippen LogP contribution < -0.4 is 5.73 Å². The molecule has 10 heavy (non-hydrogen) atoms. The fourth-order valence-electron chi connectivity index (χ4n) is 0.637. The van der Waals surface area contributed by atoms with Crippen molar-refractivity contribution in [3.63, 3.8) is 0 Å². The Morgan fingerprint density at radius 3 is 2.70 bits per heavy atom. The Morgan fingerprint density at radius 1 is 1.40 bits per heavy atom. The molecule has 0 fully saturated rings. The predicted molar refractivity (Wildman–Crippen MR) is 43.8 cm³/mol. The third-order valence-corrected chi connectivity index (χ3v) is 1.39. The number of nitrogens with two attached hydrogens (primary N) is 1. The summed E-state index contributed by atoms with van der Waals surface area (Å²) < 4.78 is 0. The van der Waals surface area contributed by atoms with Crippen LogP contribution in [0.1, 0.15) is 0 Å². The largest absolute Gasteiger partial charge is 0.390 e. The second kappa shape index (κ2) is 3.22. The van der Waals surface area contributed by atoms with Crippen LogP contribution in [-0.2, 0) is 0 Å². The van der Waals surface area contributed by atoms with Crippen molar-refractivity contribution in [1.29, 1.82) is 0 Å². The molecule has 1 aromatic carbocycles. The fraction of sp³-hybridized carbons (Fsp3) is 0. The van der Waals surface area contributed by atoms with E-state index < -0.39 is 0 Å². The minimum absolute atomic E-state index is 0.615. The summed E-state index contributed by atoms with van der Waals surface area (Å²) in [6.07, 6.45) is 1.22. The summed E-state index contributed by atoms with van der Waals surface area (Å²) in [5, 5.41) is 0.615. The second-order valence-electron chi connectivity index (χ2n) is 1.73. The topological polar surface area (TPSA) is 38.4 Å². The van der Waals surface area contributed by atoms with Crippen LogP contribution in [-0.4, -0.2) is 6.34 Å². The Hall–Kier alpha value is -1.02. The third kappa shape index (κ3) is 1.48. The summed E-state index contributed by atoms with van der Waals surface area (Å²) >= 11 is 5.73. The van der Waals surface area contributed by atoms with Gasteiger partial charge in [-0.1, -0.05) is 23.7 Å². The van der Waals surface area contributed by atoms with Gasteiger partial charge in [0.05, 0.1) is 17.0 Å². The average Bonchev–Trinajstić information content (AvgIpc) is 1.94. The number of para-hydroxylation sites is 1. The van der Waals surface area contributed by atoms with Crippen LogP contribution >= 0.6 is 11.6 Å². The molecule has 0 aliphatic rings. The molecular formula is C7H7ClN2. The molecule has 0 spiro atoms. The number of nitrogens with zero attached hydrogens (tertiary/aromatic N) is 1. The molecule has 2 N–H and O–H groups in total. The first kappa shape index (κ1) is 7.09. The van der Waals surface area contributed by atoms with Crippen LogP contribution in [0.4, 0.5) is 5.69 Å². The SMILES string of the molecule is NC=Nc1ccccc1Cl. The Morgan fingerprint density at radius 2 is 2.10 bits per heavy atom. The lowest BCUT2D eigenvalue weighted by Crippen LogP contribution is -1.86. The summed E-state index contributed by atoms with van der Waals surface area (Å²) in [5.74, 6) is 0. The molecule has 52 valence electrons. The number of aliphatic imine (C=N–C) groups is 1. The molecule has 0 amide bonds. The van der Waals surface area contributed by atoms with E-state index in [1.165, 1.54) is 6.34 Å². The first-order valence-electron chi connectivity index (χ1n) is 2.83. The van der Waals surface area contributed by atoms with Gasteiger partial charge in [0.25, 0.3) is 0 Å². The minimum atomic E-state index is 0.615. The van der Waals surface area contributed by atoms with Gasteiger partial charge in [-0.25, -0.2) is 4.99 Å². The van der Waals surface area contributed by atoms with Gasteiger partial charge in [-0.05, 0) is 12.1 Å². The van der Waals surface area contributed by atoms with Crippen molar-refractivity contribution >= 4 is 23.6 Å². The Balaban J connectivity index is 3.03. The molecule has 0 aliphatic heterocycles. The highest BCUT2D eigenvalue weighted by atomic mass is 35.5. The highest BCUT2D eigenvalue weighted by Gasteiger charge is 1.91. The van der Waals surface area contributed by atoms with Crippen LogP contribution in [0.25, 0.3) is 0 Å². The molecule has 0 aromatic heterocycles. The maximum atomic E-state index is 5.73. The van der Waals surface area contributed by atoms with Crippen molar-refractivity contribution in [2.24, 2.45) is 10.7 Å². The number of hydrogen-bond acceptors (Lipinski definition) is 1. The standard InChI is InChI=1S/C7H7ClN2/c8-6-3-1-2-4-7(6)10-5-9/h1-5H,(H2,9,10). The molecule has 2 nitrogen and oxygen atoms in total. The van der Waals surface area contributed by atoms with E-state index in [4.69, 9.17) is 17.3 Å². The molecule has 1 aromatic rings. The van der Waals surface area contributed by atoms with E-state index in [9.17, 15) is 0 Å². The molecule has 0 bridgehead atoms. The summed E-state index contributed by atoms with van der Waals surface area (Å²) in [7, 11) is 0. The van der Waals surface area contributed by atoms with Crippen molar-refractivity contribution in [1.82, 2.24) is 0 Å². The van der Waals surface area contributed by atoms with Crippen molar-refractivity contribution in [3.05, 3.63) is 29.3 Å². The van der Waals surface area contributed by atoms with Crippen molar-refractivity contribution in [2.75, 3.05) is 0 Å². The van der Waals surface area contributed by atoms with Gasteiger partial charge in [0.15, 0.2) is 0 Å². The van der Waals surface area contributed by atoms with Crippen LogP contribution in [0.15, 0.2) is 29.3 Å². The molecule has 0 atom stereocenters. The van der Waals surface area contributed by atoms with E-state index in [1.54, 1.807) is 12.1 Å². The van der Waals surface area contributed by atoms with Crippen molar-refractivity contribution in [3.8, 4) is 0 Å². The fourth-order valence-corrected chi connectivity index (χ4v) is 0.821. The molecule has 0 saturated heterocycles. The van der Waals surface area contributed by atoms with E-state index in [-0.39, 0.29) is 0 Å². The lowest BCUT2D eigenvalue weighted by molar-refractivity contribution is 1.52. The lowest BCUT2D eigenvalue weighted by atomic mass is 10.3. The van der Waals surface area contributed by atoms with Crippen LogP contribution in [0.2, 0.25) is 5.02 Å². The summed E-state index contributed by atoms with van der Waals surface area (Å²) in [6, 6.07) is 7.27. The first-order chi connectivity index (χ1) is 4.84. The summed E-state index contributed by atoms with van der Waals surface area (Å²) in [4.78, 5) is 3.83. The van der Waals surface area contributed by atoms with Gasteiger partial charge in [0, 0.05) is 0 Å². The van der Waals surface area contributed by atoms with Crippen molar-refractivity contribution in [2.45, 2.75) is 0 Å². The maximum absolute atomic E-state index is 5.73. The molecule has 0 heterocycles. The minimum Gasteiger partial charge on any atom is -0.390 e. The van der Waals surface area contributed by atoms with Gasteiger partial charge >= 0.3 is 0 Å². The lowest BCUT2D eigenvalue weighted by Gasteiger charge is -1.93. The number of hydrogen-bond donors (Lipinski definition) is 1. The smallest absolute Gasteiger partial charge is 0.0860 e. The number of halogens is 1. The number of rotatable bonds is 1. The first-order valence-corrected chi connectivity index (χ1v) is 3.21.